The molecule has 1 atom stereocenters. The summed E-state index contributed by atoms with van der Waals surface area (Å²) in [5.74, 6) is 0.518. The van der Waals surface area contributed by atoms with E-state index in [0.717, 1.165) is 42.7 Å². The van der Waals surface area contributed by atoms with Crippen molar-refractivity contribution >= 4 is 22.9 Å². The molecular weight excluding hydrogens is 404 g/mol. The first-order valence-corrected chi connectivity index (χ1v) is 11.6. The smallest absolute Gasteiger partial charge is 0.271 e. The van der Waals surface area contributed by atoms with Crippen LogP contribution in [-0.4, -0.2) is 37.8 Å². The zero-order valence-corrected chi connectivity index (χ0v) is 18.8. The van der Waals surface area contributed by atoms with Crippen LogP contribution in [0.2, 0.25) is 0 Å². The minimum Gasteiger partial charge on any atom is -0.460 e. The molecule has 1 unspecified atom stereocenters. The van der Waals surface area contributed by atoms with Gasteiger partial charge in [0.2, 0.25) is 5.91 Å². The van der Waals surface area contributed by atoms with E-state index in [0.29, 0.717) is 17.8 Å². The summed E-state index contributed by atoms with van der Waals surface area (Å²) in [5, 5.41) is 3.29. The molecule has 32 heavy (non-hydrogen) atoms. The Kier molecular flexibility index (Phi) is 5.27. The van der Waals surface area contributed by atoms with Gasteiger partial charge >= 0.3 is 0 Å². The number of pyridine rings is 1. The Hall–Kier alpha value is -3.09. The SMILES string of the molecule is Cc1cc2c(cc3n2CC(C)(C(=O)NC2CCCCCC2)N(Cc2ccccn2)C3=O)o1. The third-order valence-corrected chi connectivity index (χ3v) is 6.96. The van der Waals surface area contributed by atoms with E-state index in [1.807, 2.05) is 42.7 Å². The fourth-order valence-corrected chi connectivity index (χ4v) is 5.13. The zero-order chi connectivity index (χ0) is 22.3. The lowest BCUT2D eigenvalue weighted by Gasteiger charge is -2.44. The highest BCUT2D eigenvalue weighted by Crippen LogP contribution is 2.34. The number of aromatic nitrogens is 2. The van der Waals surface area contributed by atoms with Crippen LogP contribution in [0.4, 0.5) is 0 Å². The Bertz CT molecular complexity index is 1140. The Morgan fingerprint density at radius 2 is 2.00 bits per heavy atom. The predicted octanol–water partition coefficient (Wildman–Crippen LogP) is 4.19. The molecular formula is C25H30N4O3. The molecule has 1 aliphatic carbocycles. The number of hydrogen-bond donors (Lipinski definition) is 1. The normalized spacial score (nSPS) is 22.1. The van der Waals surface area contributed by atoms with Crippen molar-refractivity contribution in [1.29, 1.82) is 0 Å². The molecule has 168 valence electrons. The van der Waals surface area contributed by atoms with E-state index in [9.17, 15) is 9.59 Å². The lowest BCUT2D eigenvalue weighted by atomic mass is 9.93. The van der Waals surface area contributed by atoms with Gasteiger partial charge in [0.15, 0.2) is 5.58 Å². The molecule has 1 saturated carbocycles. The van der Waals surface area contributed by atoms with E-state index in [2.05, 4.69) is 10.3 Å². The Morgan fingerprint density at radius 1 is 1.22 bits per heavy atom. The number of aryl methyl sites for hydroxylation is 1. The third kappa shape index (κ3) is 3.59. The van der Waals surface area contributed by atoms with Gasteiger partial charge in [-0.25, -0.2) is 0 Å². The van der Waals surface area contributed by atoms with Crippen molar-refractivity contribution in [3.63, 3.8) is 0 Å². The largest absolute Gasteiger partial charge is 0.460 e. The van der Waals surface area contributed by atoms with Gasteiger partial charge in [-0.3, -0.25) is 14.6 Å². The number of fused-ring (bicyclic) bond motifs is 3. The molecule has 7 heteroatoms. The van der Waals surface area contributed by atoms with Gasteiger partial charge in [0.25, 0.3) is 5.91 Å². The monoisotopic (exact) mass is 434 g/mol. The van der Waals surface area contributed by atoms with Gasteiger partial charge in [-0.15, -0.1) is 0 Å². The molecule has 0 radical (unpaired) electrons. The van der Waals surface area contributed by atoms with Crippen LogP contribution in [0.5, 0.6) is 0 Å². The van der Waals surface area contributed by atoms with Gasteiger partial charge in [-0.1, -0.05) is 31.7 Å². The highest BCUT2D eigenvalue weighted by atomic mass is 16.3. The average molecular weight is 435 g/mol. The second kappa shape index (κ2) is 8.11. The second-order valence-electron chi connectivity index (χ2n) is 9.37. The second-order valence-corrected chi connectivity index (χ2v) is 9.37. The number of amides is 2. The first kappa shape index (κ1) is 20.8. The molecule has 7 nitrogen and oxygen atoms in total. The number of nitrogens with zero attached hydrogens (tertiary/aromatic N) is 3. The topological polar surface area (TPSA) is 80.4 Å². The van der Waals surface area contributed by atoms with Gasteiger partial charge in [-0.05, 0) is 38.8 Å². The molecule has 0 aromatic carbocycles. The van der Waals surface area contributed by atoms with Crippen molar-refractivity contribution in [3.8, 4) is 0 Å². The van der Waals surface area contributed by atoms with Gasteiger partial charge in [0.05, 0.1) is 24.3 Å². The van der Waals surface area contributed by atoms with E-state index in [-0.39, 0.29) is 24.4 Å². The molecule has 3 aromatic rings. The van der Waals surface area contributed by atoms with Crippen LogP contribution in [0, 0.1) is 6.92 Å². The van der Waals surface area contributed by atoms with E-state index in [4.69, 9.17) is 4.42 Å². The fourth-order valence-electron chi connectivity index (χ4n) is 5.13. The van der Waals surface area contributed by atoms with Gasteiger partial charge in [0.1, 0.15) is 17.0 Å². The zero-order valence-electron chi connectivity index (χ0n) is 18.8. The highest BCUT2D eigenvalue weighted by Gasteiger charge is 2.48. The van der Waals surface area contributed by atoms with E-state index in [1.54, 1.807) is 17.2 Å². The molecule has 2 amide bonds. The first-order valence-electron chi connectivity index (χ1n) is 11.6. The number of nitrogens with one attached hydrogen (secondary N) is 1. The minimum absolute atomic E-state index is 0.0959. The van der Waals surface area contributed by atoms with Crippen LogP contribution in [0.1, 0.15) is 67.4 Å². The molecule has 2 aliphatic rings. The summed E-state index contributed by atoms with van der Waals surface area (Å²) in [7, 11) is 0. The molecule has 4 heterocycles. The van der Waals surface area contributed by atoms with Gasteiger partial charge < -0.3 is 19.2 Å². The quantitative estimate of drug-likeness (QED) is 0.625. The summed E-state index contributed by atoms with van der Waals surface area (Å²) in [4.78, 5) is 33.5. The summed E-state index contributed by atoms with van der Waals surface area (Å²) in [6.45, 7) is 4.42. The molecule has 0 saturated heterocycles. The van der Waals surface area contributed by atoms with Crippen LogP contribution < -0.4 is 5.32 Å². The third-order valence-electron chi connectivity index (χ3n) is 6.96. The van der Waals surface area contributed by atoms with Crippen molar-refractivity contribution in [1.82, 2.24) is 19.8 Å². The van der Waals surface area contributed by atoms with Gasteiger partial charge in [-0.2, -0.15) is 0 Å². The maximum Gasteiger partial charge on any atom is 0.271 e. The van der Waals surface area contributed by atoms with Crippen LogP contribution in [-0.2, 0) is 17.9 Å². The number of hydrogen-bond acceptors (Lipinski definition) is 4. The number of rotatable bonds is 4. The number of carbonyl (C=O) groups excluding carboxylic acids is 2. The minimum atomic E-state index is -1.04. The predicted molar refractivity (Wildman–Crippen MR) is 121 cm³/mol. The first-order chi connectivity index (χ1) is 15.5. The Labute approximate surface area is 187 Å². The van der Waals surface area contributed by atoms with Crippen molar-refractivity contribution in [2.75, 3.05) is 0 Å². The molecule has 1 fully saturated rings. The van der Waals surface area contributed by atoms with Gasteiger partial charge in [0, 0.05) is 24.4 Å². The Balaban J connectivity index is 1.52. The average Bonchev–Trinajstić information content (AvgIpc) is 3.17. The molecule has 3 aromatic heterocycles. The lowest BCUT2D eigenvalue weighted by molar-refractivity contribution is -0.134. The maximum atomic E-state index is 13.8. The van der Waals surface area contributed by atoms with E-state index >= 15 is 0 Å². The molecule has 1 aliphatic heterocycles. The summed E-state index contributed by atoms with van der Waals surface area (Å²) < 4.78 is 7.72. The van der Waals surface area contributed by atoms with Crippen molar-refractivity contribution in [2.45, 2.75) is 77.0 Å². The van der Waals surface area contributed by atoms with Crippen LogP contribution in [0.3, 0.4) is 0 Å². The molecule has 0 spiro atoms. The van der Waals surface area contributed by atoms with Crippen molar-refractivity contribution < 1.29 is 14.0 Å². The standard InChI is InChI=1S/C25H30N4O3/c1-17-13-20-22(32-17)14-21-23(30)29(15-19-11-7-8-12-26-19)25(2,16-28(20)21)24(31)27-18-9-5-3-4-6-10-18/h7-8,11-14,18H,3-6,9-10,15-16H2,1-2H3,(H,27,31). The maximum absolute atomic E-state index is 13.8. The van der Waals surface area contributed by atoms with Crippen molar-refractivity contribution in [3.05, 3.63) is 53.7 Å². The van der Waals surface area contributed by atoms with Crippen molar-refractivity contribution in [2.24, 2.45) is 0 Å². The fraction of sp³-hybridized carbons (Fsp3) is 0.480. The summed E-state index contributed by atoms with van der Waals surface area (Å²) in [5.41, 5.74) is 1.81. The van der Waals surface area contributed by atoms with Crippen LogP contribution >= 0.6 is 0 Å². The highest BCUT2D eigenvalue weighted by molar-refractivity contribution is 6.03. The lowest BCUT2D eigenvalue weighted by Crippen LogP contribution is -2.64. The summed E-state index contributed by atoms with van der Waals surface area (Å²) >= 11 is 0. The molecule has 5 rings (SSSR count). The van der Waals surface area contributed by atoms with Crippen LogP contribution in [0.25, 0.3) is 11.1 Å². The summed E-state index contributed by atoms with van der Waals surface area (Å²) in [6, 6.07) is 9.53. The van der Waals surface area contributed by atoms with E-state index < -0.39 is 5.54 Å². The number of carbonyl (C=O) groups is 2. The Morgan fingerprint density at radius 3 is 2.72 bits per heavy atom. The molecule has 0 bridgehead atoms. The molecule has 1 N–H and O–H groups in total. The van der Waals surface area contributed by atoms with Crippen LogP contribution in [0.15, 0.2) is 40.9 Å². The van der Waals surface area contributed by atoms with E-state index in [1.165, 1.54) is 12.8 Å². The number of furan rings is 1. The summed E-state index contributed by atoms with van der Waals surface area (Å²) in [6.07, 6.45) is 8.41.